The largest absolute Gasteiger partial charge is 0.323 e. The summed E-state index contributed by atoms with van der Waals surface area (Å²) in [5, 5.41) is 7.15. The Morgan fingerprint density at radius 3 is 2.38 bits per heavy atom. The lowest BCUT2D eigenvalue weighted by Crippen LogP contribution is -2.19. The van der Waals surface area contributed by atoms with Gasteiger partial charge in [-0.2, -0.15) is 0 Å². The number of benzene rings is 2. The third-order valence-corrected chi connectivity index (χ3v) is 6.10. The van der Waals surface area contributed by atoms with Gasteiger partial charge in [-0.25, -0.2) is 14.8 Å². The molecular weight excluding hydrogens is 442 g/mol. The second-order valence-electron chi connectivity index (χ2n) is 6.96. The predicted molar refractivity (Wildman–Crippen MR) is 130 cm³/mol. The van der Waals surface area contributed by atoms with Gasteiger partial charge in [-0.05, 0) is 54.1 Å². The fourth-order valence-electron chi connectivity index (χ4n) is 3.35. The second-order valence-corrected chi connectivity index (χ2v) is 8.43. The van der Waals surface area contributed by atoms with Crippen LogP contribution in [0.5, 0.6) is 0 Å². The highest BCUT2D eigenvalue weighted by atomic mass is 35.5. The van der Waals surface area contributed by atoms with Crippen molar-refractivity contribution in [3.8, 4) is 21.7 Å². The van der Waals surface area contributed by atoms with Crippen LogP contribution in [0.15, 0.2) is 85.5 Å². The summed E-state index contributed by atoms with van der Waals surface area (Å²) >= 11 is 7.59. The van der Waals surface area contributed by atoms with Crippen molar-refractivity contribution in [1.29, 1.82) is 0 Å². The molecule has 0 aliphatic heterocycles. The van der Waals surface area contributed by atoms with Crippen LogP contribution in [0.1, 0.15) is 0 Å². The zero-order chi connectivity index (χ0) is 21.9. The molecule has 2 aromatic carbocycles. The van der Waals surface area contributed by atoms with Gasteiger partial charge in [-0.3, -0.25) is 4.98 Å². The number of thiophene rings is 1. The average molecular weight is 458 g/mol. The van der Waals surface area contributed by atoms with Gasteiger partial charge in [0.1, 0.15) is 11.2 Å². The number of carbonyl (C=O) groups excluding carboxylic acids is 1. The predicted octanol–water partition coefficient (Wildman–Crippen LogP) is 6.72. The number of fused-ring (bicyclic) bond motifs is 1. The van der Waals surface area contributed by atoms with Crippen molar-refractivity contribution in [3.63, 3.8) is 0 Å². The standard InChI is InChI=1S/C24H16ClN5OS/c25-17-4-2-6-19(12-17)30-24(31)29-18-5-1-3-16(11-18)22-20-13-21(15-7-9-26-10-8-15)32-23(20)28-14-27-22/h1-14H,(H2,29,30,31). The molecule has 0 saturated carbocycles. The normalized spacial score (nSPS) is 10.8. The van der Waals surface area contributed by atoms with Crippen LogP contribution in [0, 0.1) is 0 Å². The van der Waals surface area contributed by atoms with Gasteiger partial charge < -0.3 is 10.6 Å². The first-order valence-electron chi connectivity index (χ1n) is 9.75. The van der Waals surface area contributed by atoms with E-state index in [2.05, 4.69) is 31.7 Å². The number of nitrogens with one attached hydrogen (secondary N) is 2. The van der Waals surface area contributed by atoms with Gasteiger partial charge in [0.25, 0.3) is 0 Å². The molecule has 0 saturated heterocycles. The molecule has 5 rings (SSSR count). The van der Waals surface area contributed by atoms with Crippen LogP contribution in [0.2, 0.25) is 5.02 Å². The Hall–Kier alpha value is -3.81. The molecule has 0 fully saturated rings. The van der Waals surface area contributed by atoms with E-state index < -0.39 is 0 Å². The molecule has 0 bridgehead atoms. The number of rotatable bonds is 4. The summed E-state index contributed by atoms with van der Waals surface area (Å²) in [6.07, 6.45) is 5.11. The van der Waals surface area contributed by atoms with E-state index in [4.69, 9.17) is 11.6 Å². The molecule has 0 aliphatic carbocycles. The summed E-state index contributed by atoms with van der Waals surface area (Å²) in [5.41, 5.74) is 4.05. The summed E-state index contributed by atoms with van der Waals surface area (Å²) in [5.74, 6) is 0. The lowest BCUT2D eigenvalue weighted by molar-refractivity contribution is 0.262. The smallest absolute Gasteiger partial charge is 0.308 e. The molecule has 2 N–H and O–H groups in total. The van der Waals surface area contributed by atoms with E-state index in [0.29, 0.717) is 16.4 Å². The van der Waals surface area contributed by atoms with Gasteiger partial charge in [0.15, 0.2) is 0 Å². The highest BCUT2D eigenvalue weighted by Crippen LogP contribution is 2.36. The minimum Gasteiger partial charge on any atom is -0.308 e. The molecular formula is C24H16ClN5OS. The van der Waals surface area contributed by atoms with Crippen molar-refractivity contribution in [3.05, 3.63) is 90.5 Å². The molecule has 2 amide bonds. The molecule has 0 spiro atoms. The molecule has 3 heterocycles. The number of hydrogen-bond acceptors (Lipinski definition) is 5. The summed E-state index contributed by atoms with van der Waals surface area (Å²) in [6.45, 7) is 0. The molecule has 32 heavy (non-hydrogen) atoms. The number of anilines is 2. The van der Waals surface area contributed by atoms with Crippen LogP contribution >= 0.6 is 22.9 Å². The summed E-state index contributed by atoms with van der Waals surface area (Å²) in [4.78, 5) is 27.5. The maximum absolute atomic E-state index is 12.4. The number of amides is 2. The summed E-state index contributed by atoms with van der Waals surface area (Å²) < 4.78 is 0. The quantitative estimate of drug-likeness (QED) is 0.314. The van der Waals surface area contributed by atoms with Crippen molar-refractivity contribution in [2.75, 3.05) is 10.6 Å². The first-order valence-corrected chi connectivity index (χ1v) is 10.9. The van der Waals surface area contributed by atoms with Crippen molar-refractivity contribution in [2.45, 2.75) is 0 Å². The third kappa shape index (κ3) is 4.30. The summed E-state index contributed by atoms with van der Waals surface area (Å²) in [6, 6.07) is 20.2. The number of aromatic nitrogens is 3. The zero-order valence-corrected chi connectivity index (χ0v) is 18.2. The van der Waals surface area contributed by atoms with Crippen molar-refractivity contribution in [2.24, 2.45) is 0 Å². The van der Waals surface area contributed by atoms with Gasteiger partial charge in [0.05, 0.1) is 5.69 Å². The van der Waals surface area contributed by atoms with Crippen LogP contribution in [0.4, 0.5) is 16.2 Å². The van der Waals surface area contributed by atoms with E-state index in [1.165, 1.54) is 0 Å². The summed E-state index contributed by atoms with van der Waals surface area (Å²) in [7, 11) is 0. The Morgan fingerprint density at radius 2 is 1.59 bits per heavy atom. The first-order chi connectivity index (χ1) is 15.7. The third-order valence-electron chi connectivity index (χ3n) is 4.77. The monoisotopic (exact) mass is 457 g/mol. The molecule has 0 radical (unpaired) electrons. The van der Waals surface area contributed by atoms with Crippen LogP contribution in [0.25, 0.3) is 31.9 Å². The molecule has 0 atom stereocenters. The van der Waals surface area contributed by atoms with E-state index >= 15 is 0 Å². The topological polar surface area (TPSA) is 79.8 Å². The number of pyridine rings is 1. The van der Waals surface area contributed by atoms with E-state index in [-0.39, 0.29) is 6.03 Å². The number of halogens is 1. The number of nitrogens with zero attached hydrogens (tertiary/aromatic N) is 3. The molecule has 8 heteroatoms. The Morgan fingerprint density at radius 1 is 0.844 bits per heavy atom. The lowest BCUT2D eigenvalue weighted by atomic mass is 10.1. The second kappa shape index (κ2) is 8.74. The number of hydrogen-bond donors (Lipinski definition) is 2. The molecule has 6 nitrogen and oxygen atoms in total. The van der Waals surface area contributed by atoms with E-state index in [9.17, 15) is 4.79 Å². The Bertz CT molecular complexity index is 1420. The van der Waals surface area contributed by atoms with Crippen LogP contribution in [-0.4, -0.2) is 21.0 Å². The minimum atomic E-state index is -0.354. The fraction of sp³-hybridized carbons (Fsp3) is 0. The van der Waals surface area contributed by atoms with Crippen LogP contribution < -0.4 is 10.6 Å². The van der Waals surface area contributed by atoms with Crippen molar-refractivity contribution in [1.82, 2.24) is 15.0 Å². The van der Waals surface area contributed by atoms with Crippen LogP contribution in [0.3, 0.4) is 0 Å². The van der Waals surface area contributed by atoms with Crippen molar-refractivity contribution >= 4 is 50.6 Å². The highest BCUT2D eigenvalue weighted by Gasteiger charge is 2.13. The van der Waals surface area contributed by atoms with Gasteiger partial charge in [-0.15, -0.1) is 11.3 Å². The Kier molecular flexibility index (Phi) is 5.49. The molecule has 156 valence electrons. The first kappa shape index (κ1) is 20.1. The van der Waals surface area contributed by atoms with E-state index in [1.54, 1.807) is 54.3 Å². The zero-order valence-electron chi connectivity index (χ0n) is 16.6. The van der Waals surface area contributed by atoms with Gasteiger partial charge >= 0.3 is 6.03 Å². The lowest BCUT2D eigenvalue weighted by Gasteiger charge is -2.09. The number of carbonyl (C=O) groups is 1. The van der Waals surface area contributed by atoms with Gasteiger partial charge in [0.2, 0.25) is 0 Å². The van der Waals surface area contributed by atoms with Gasteiger partial charge in [-0.1, -0.05) is 29.8 Å². The maximum atomic E-state index is 12.4. The van der Waals surface area contributed by atoms with E-state index in [0.717, 1.165) is 31.9 Å². The minimum absolute atomic E-state index is 0.354. The average Bonchev–Trinajstić information content (AvgIpc) is 3.24. The molecule has 0 unspecified atom stereocenters. The fourth-order valence-corrected chi connectivity index (χ4v) is 4.54. The van der Waals surface area contributed by atoms with Crippen LogP contribution in [-0.2, 0) is 0 Å². The SMILES string of the molecule is O=C(Nc1cccc(Cl)c1)Nc1cccc(-c2ncnc3sc(-c4ccncc4)cc23)c1. The number of urea groups is 1. The maximum Gasteiger partial charge on any atom is 0.323 e. The Balaban J connectivity index is 1.43. The molecule has 3 aromatic heterocycles. The molecule has 5 aromatic rings. The van der Waals surface area contributed by atoms with Gasteiger partial charge in [0, 0.05) is 44.6 Å². The molecule has 0 aliphatic rings. The van der Waals surface area contributed by atoms with E-state index in [1.807, 2.05) is 36.4 Å². The highest BCUT2D eigenvalue weighted by molar-refractivity contribution is 7.21. The van der Waals surface area contributed by atoms with Crippen molar-refractivity contribution < 1.29 is 4.79 Å². The Labute approximate surface area is 193 Å².